The lowest BCUT2D eigenvalue weighted by Crippen LogP contribution is -2.15. The molecule has 0 saturated carbocycles. The summed E-state index contributed by atoms with van der Waals surface area (Å²) < 4.78 is 90.7. The smallest absolute Gasteiger partial charge is 0.0995 e. The first-order valence-electron chi connectivity index (χ1n) is 47.8. The van der Waals surface area contributed by atoms with Gasteiger partial charge in [0.15, 0.2) is 0 Å². The van der Waals surface area contributed by atoms with Crippen molar-refractivity contribution in [1.29, 1.82) is 21.0 Å². The van der Waals surface area contributed by atoms with Gasteiger partial charge in [0, 0.05) is 85.8 Å². The Morgan fingerprint density at radius 3 is 1.08 bits per heavy atom. The second-order valence-corrected chi connectivity index (χ2v) is 38.2. The van der Waals surface area contributed by atoms with Crippen LogP contribution in [0.5, 0.6) is 0 Å². The molecular weight excluding hydrogens is 1600 g/mol. The Balaban J connectivity index is -0.000000782. The van der Waals surface area contributed by atoms with Crippen molar-refractivity contribution >= 4 is 0 Å². The number of nitriles is 4. The zero-order chi connectivity index (χ0) is 103. The molecule has 0 amide bonds. The van der Waals surface area contributed by atoms with Gasteiger partial charge in [-0.1, -0.05) is 404 Å². The van der Waals surface area contributed by atoms with Gasteiger partial charge in [0.25, 0.3) is 0 Å². The second kappa shape index (κ2) is 56.2. The summed E-state index contributed by atoms with van der Waals surface area (Å²) in [6.07, 6.45) is 11.8. The molecule has 0 atom stereocenters. The Morgan fingerprint density at radius 2 is 0.705 bits per heavy atom. The van der Waals surface area contributed by atoms with Crippen molar-refractivity contribution in [2.75, 3.05) is 0 Å². The van der Waals surface area contributed by atoms with E-state index in [0.717, 1.165) is 55.6 Å². The Hall–Kier alpha value is -12.6. The highest BCUT2D eigenvalue weighted by Crippen LogP contribution is 2.42. The van der Waals surface area contributed by atoms with Crippen LogP contribution < -0.4 is 0 Å². The molecule has 0 spiro atoms. The van der Waals surface area contributed by atoms with Crippen LogP contribution in [0.4, 0.5) is 0 Å². The van der Waals surface area contributed by atoms with Crippen LogP contribution in [0.15, 0.2) is 249 Å². The molecule has 0 aliphatic heterocycles. The van der Waals surface area contributed by atoms with E-state index >= 15 is 0 Å². The SMILES string of the molecule is C.C.C.C.C.C.C.C.C#Cc1ccc(-c2cccc(-c3ccc(C#N)cc3)c2C(C)(C)C)cc1.C#Cc1cccc(C#N)c1C(C)(C)C.CC(C)(C)c1c(-c2ccccc2)cncc1-c1ccccc1.CC(C)(C)c1ccc(C#N)cc1.CC(C)(C)c1cccc(C#N)c1.[2H]C([2H])(C)c1ncccc1C(C)(C)C.[2H]C([2H])([2H])c1cc(C(C)(C)C)cc(C([2H])([2H])C)n1.[2H]C([2H])([2H])c1ccc(C(C)(C)C)c(C([2H])([2H])C)n1. The fraction of sp³-hybridized carbons (Fsp3) is 0.387. The lowest BCUT2D eigenvalue weighted by molar-refractivity contribution is 0.577. The van der Waals surface area contributed by atoms with Gasteiger partial charge in [0.2, 0.25) is 0 Å². The normalized spacial score (nSPS) is 12.3. The number of terminal acetylenes is 2. The molecule has 0 aliphatic rings. The first kappa shape index (κ1) is 103. The Kier molecular flexibility index (Phi) is 43.9. The molecule has 12 aromatic rings. The molecule has 0 radical (unpaired) electrons. The first-order valence-corrected chi connectivity index (χ1v) is 41.8. The quantitative estimate of drug-likeness (QED) is 0.143. The van der Waals surface area contributed by atoms with Crippen LogP contribution in [0.1, 0.15) is 369 Å². The molecule has 0 saturated heterocycles. The minimum Gasteiger partial charge on any atom is -0.263 e. The maximum absolute atomic E-state index is 9.05. The summed E-state index contributed by atoms with van der Waals surface area (Å²) in [6, 6.07) is 83.1. The molecule has 8 aromatic carbocycles. The standard InChI is InChI=1S/C25H21N.C21H21N.C13H13N.2C12H19N.2C11H13N.C11H17N.8CH4/c1-5-18-9-13-20(14-10-18)22-7-6-8-23(24(22)25(2,3)4)21-15-11-19(17-26)12-16-21;1-21(2,3)20-18(16-10-6-4-7-11-16)14-22-15-19(20)17-12-8-5-9-13-17;1-5-10-7-6-8-11(9-14)12(10)13(2,3)4;1-6-11-8-10(12(3,4)5)7-9(2)13-11;1-6-11-10(12(3,4)5)8-7-9(2)13-11;1-11(2,3)10-6-4-9(8-12)5-7-10;1-11(2,3)10-6-4-5-9(7-10)8-12;1-5-10-9(11(2,3)4)7-6-8-12-10;;;;;;;;/h1,6-16H,2-4H3;4-15H,1-3H3;1,6-8H,2-4H3;2*7-8H,6H2,1-5H3;2*4-7H,1-3H3;6-8H,5H2,1-4H3;8*1H4/i;;;2*2D3,6D2;;;5D2;;;;;;;;. The van der Waals surface area contributed by atoms with E-state index < -0.39 is 32.8 Å². The zero-order valence-corrected chi connectivity index (χ0v) is 78.4. The minimum absolute atomic E-state index is 0. The van der Waals surface area contributed by atoms with Crippen molar-refractivity contribution in [3.63, 3.8) is 0 Å². The van der Waals surface area contributed by atoms with Crippen molar-refractivity contribution < 1.29 is 16.4 Å². The summed E-state index contributed by atoms with van der Waals surface area (Å²) in [5.41, 5.74) is 23.1. The Bertz CT molecular complexity index is 5960. The molecular formula is C124H168N8. The molecule has 4 aromatic heterocycles. The lowest BCUT2D eigenvalue weighted by atomic mass is 9.77. The lowest BCUT2D eigenvalue weighted by Gasteiger charge is -2.27. The van der Waals surface area contributed by atoms with Gasteiger partial charge >= 0.3 is 0 Å². The Labute approximate surface area is 824 Å². The van der Waals surface area contributed by atoms with Gasteiger partial charge in [-0.15, -0.1) is 12.8 Å². The number of hydrogen-bond donors (Lipinski definition) is 0. The second-order valence-electron chi connectivity index (χ2n) is 38.2. The summed E-state index contributed by atoms with van der Waals surface area (Å²) in [6.45, 7) is 50.2. The van der Waals surface area contributed by atoms with Crippen molar-refractivity contribution in [3.8, 4) is 93.5 Å². The number of pyridine rings is 4. The van der Waals surface area contributed by atoms with Crippen LogP contribution >= 0.6 is 0 Å². The number of rotatable bonds is 7. The summed E-state index contributed by atoms with van der Waals surface area (Å²) in [5.74, 6) is 5.30. The van der Waals surface area contributed by atoms with Crippen LogP contribution in [0, 0.1) is 83.7 Å². The van der Waals surface area contributed by atoms with E-state index in [4.69, 9.17) is 50.3 Å². The third-order valence-corrected chi connectivity index (χ3v) is 19.9. The van der Waals surface area contributed by atoms with Gasteiger partial charge in [-0.3, -0.25) is 19.9 Å². The van der Waals surface area contributed by atoms with E-state index in [-0.39, 0.29) is 126 Å². The zero-order valence-electron chi connectivity index (χ0n) is 90.4. The molecule has 0 N–H and O–H groups in total. The molecule has 0 bridgehead atoms. The van der Waals surface area contributed by atoms with Gasteiger partial charge in [-0.25, -0.2) is 0 Å². The molecule has 8 heteroatoms. The fourth-order valence-corrected chi connectivity index (χ4v) is 13.5. The molecule has 4 heterocycles. The minimum atomic E-state index is -2.32. The molecule has 132 heavy (non-hydrogen) atoms. The number of hydrogen-bond acceptors (Lipinski definition) is 8. The van der Waals surface area contributed by atoms with Gasteiger partial charge in [-0.05, 0) is 239 Å². The fourth-order valence-electron chi connectivity index (χ4n) is 13.5. The monoisotopic (exact) mass is 1780 g/mol. The number of aromatic nitrogens is 4. The predicted molar refractivity (Wildman–Crippen MR) is 580 cm³/mol. The van der Waals surface area contributed by atoms with Crippen LogP contribution in [0.25, 0.3) is 44.5 Å². The summed E-state index contributed by atoms with van der Waals surface area (Å²) in [7, 11) is 0. The molecule has 0 fully saturated rings. The van der Waals surface area contributed by atoms with Crippen LogP contribution in [-0.4, -0.2) is 19.9 Å². The van der Waals surface area contributed by atoms with E-state index in [1.54, 1.807) is 37.4 Å². The number of nitrogens with zero attached hydrogens (tertiary/aromatic N) is 8. The topological polar surface area (TPSA) is 147 Å². The molecule has 704 valence electrons. The number of aryl methyl sites for hydroxylation is 5. The van der Waals surface area contributed by atoms with E-state index in [0.29, 0.717) is 16.8 Å². The Morgan fingerprint density at radius 1 is 0.303 bits per heavy atom. The van der Waals surface area contributed by atoms with Gasteiger partial charge in [0.05, 0.1) is 46.5 Å². The third kappa shape index (κ3) is 38.5. The first-order chi connectivity index (χ1) is 62.5. The van der Waals surface area contributed by atoms with Crippen LogP contribution in [0.3, 0.4) is 0 Å². The highest BCUT2D eigenvalue weighted by Gasteiger charge is 2.27. The molecule has 0 unspecified atom stereocenters. The van der Waals surface area contributed by atoms with Crippen molar-refractivity contribution in [2.45, 2.75) is 322 Å². The molecule has 8 nitrogen and oxygen atoms in total. The predicted octanol–water partition coefficient (Wildman–Crippen LogP) is 35.0. The van der Waals surface area contributed by atoms with Gasteiger partial charge in [0.1, 0.15) is 0 Å². The van der Waals surface area contributed by atoms with Crippen molar-refractivity contribution in [2.24, 2.45) is 0 Å². The van der Waals surface area contributed by atoms with E-state index in [9.17, 15) is 0 Å². The van der Waals surface area contributed by atoms with Crippen molar-refractivity contribution in [3.05, 3.63) is 355 Å². The van der Waals surface area contributed by atoms with Crippen LogP contribution in [-0.2, 0) is 62.4 Å². The van der Waals surface area contributed by atoms with E-state index in [2.05, 4.69) is 278 Å². The van der Waals surface area contributed by atoms with Crippen molar-refractivity contribution in [1.82, 2.24) is 19.9 Å². The van der Waals surface area contributed by atoms with Crippen LogP contribution in [0.2, 0.25) is 0 Å². The maximum Gasteiger partial charge on any atom is 0.0995 e. The summed E-state index contributed by atoms with van der Waals surface area (Å²) in [5, 5.41) is 35.3. The average molecular weight is 1780 g/mol. The average Bonchev–Trinajstić information content (AvgIpc) is 0.752. The highest BCUT2D eigenvalue weighted by atomic mass is 14.7. The van der Waals surface area contributed by atoms with Gasteiger partial charge < -0.3 is 0 Å². The van der Waals surface area contributed by atoms with E-state index in [1.165, 1.54) is 75.5 Å². The third-order valence-electron chi connectivity index (χ3n) is 19.9. The maximum atomic E-state index is 9.05. The summed E-state index contributed by atoms with van der Waals surface area (Å²) in [4.78, 5) is 16.6. The largest absolute Gasteiger partial charge is 0.263 e. The molecule has 12 rings (SSSR count). The van der Waals surface area contributed by atoms with E-state index in [1.807, 2.05) is 157 Å². The van der Waals surface area contributed by atoms with Gasteiger partial charge in [-0.2, -0.15) is 21.0 Å². The summed E-state index contributed by atoms with van der Waals surface area (Å²) >= 11 is 0. The molecule has 0 aliphatic carbocycles. The highest BCUT2D eigenvalue weighted by molar-refractivity contribution is 5.81. The number of benzene rings is 8.